The SMILES string of the molecule is Cc1ccc(C(=O)N2CCCC(c3nnc(C(=O)Nc4ccccc4)s3)C2)cc1. The highest BCUT2D eigenvalue weighted by molar-refractivity contribution is 7.13. The zero-order chi connectivity index (χ0) is 20.2. The average molecular weight is 407 g/mol. The number of nitrogens with one attached hydrogen (secondary N) is 1. The van der Waals surface area contributed by atoms with E-state index in [1.54, 1.807) is 0 Å². The third-order valence-corrected chi connectivity index (χ3v) is 6.11. The van der Waals surface area contributed by atoms with Crippen LogP contribution in [-0.4, -0.2) is 40.0 Å². The van der Waals surface area contributed by atoms with Crippen molar-refractivity contribution >= 4 is 28.8 Å². The van der Waals surface area contributed by atoms with E-state index in [1.807, 2.05) is 66.4 Å². The number of para-hydroxylation sites is 1. The summed E-state index contributed by atoms with van der Waals surface area (Å²) in [5, 5.41) is 12.3. The van der Waals surface area contributed by atoms with E-state index in [4.69, 9.17) is 0 Å². The van der Waals surface area contributed by atoms with Gasteiger partial charge >= 0.3 is 0 Å². The van der Waals surface area contributed by atoms with Crippen molar-refractivity contribution in [2.24, 2.45) is 0 Å². The minimum atomic E-state index is -0.261. The highest BCUT2D eigenvalue weighted by atomic mass is 32.1. The zero-order valence-corrected chi connectivity index (χ0v) is 17.0. The molecule has 1 aliphatic heterocycles. The normalized spacial score (nSPS) is 16.4. The summed E-state index contributed by atoms with van der Waals surface area (Å²) in [4.78, 5) is 27.1. The first-order valence-corrected chi connectivity index (χ1v) is 10.5. The first-order chi connectivity index (χ1) is 14.1. The van der Waals surface area contributed by atoms with E-state index in [-0.39, 0.29) is 17.7 Å². The van der Waals surface area contributed by atoms with Crippen molar-refractivity contribution in [3.8, 4) is 0 Å². The van der Waals surface area contributed by atoms with Gasteiger partial charge in [0.15, 0.2) is 0 Å². The fourth-order valence-electron chi connectivity index (χ4n) is 3.44. The van der Waals surface area contributed by atoms with Crippen LogP contribution < -0.4 is 5.32 Å². The van der Waals surface area contributed by atoms with Gasteiger partial charge in [0.2, 0.25) is 5.01 Å². The van der Waals surface area contributed by atoms with Crippen LogP contribution in [0, 0.1) is 6.92 Å². The van der Waals surface area contributed by atoms with Crippen LogP contribution in [-0.2, 0) is 0 Å². The Bertz CT molecular complexity index is 1000. The van der Waals surface area contributed by atoms with Crippen molar-refractivity contribution in [2.75, 3.05) is 18.4 Å². The van der Waals surface area contributed by atoms with E-state index in [9.17, 15) is 9.59 Å². The van der Waals surface area contributed by atoms with Crippen LogP contribution in [0.5, 0.6) is 0 Å². The van der Waals surface area contributed by atoms with Crippen molar-refractivity contribution in [2.45, 2.75) is 25.7 Å². The molecule has 0 saturated carbocycles. The maximum absolute atomic E-state index is 12.8. The fraction of sp³-hybridized carbons (Fsp3) is 0.273. The van der Waals surface area contributed by atoms with E-state index in [1.165, 1.54) is 11.3 Å². The molecule has 6 nitrogen and oxygen atoms in total. The molecule has 3 aromatic rings. The van der Waals surface area contributed by atoms with Gasteiger partial charge in [0.05, 0.1) is 0 Å². The van der Waals surface area contributed by atoms with Crippen molar-refractivity contribution in [3.05, 3.63) is 75.7 Å². The number of benzene rings is 2. The van der Waals surface area contributed by atoms with Crippen LogP contribution in [0.4, 0.5) is 5.69 Å². The van der Waals surface area contributed by atoms with Crippen LogP contribution in [0.15, 0.2) is 54.6 Å². The molecular weight excluding hydrogens is 384 g/mol. The molecule has 1 N–H and O–H groups in total. The molecule has 1 unspecified atom stereocenters. The first kappa shape index (κ1) is 19.3. The van der Waals surface area contributed by atoms with Gasteiger partial charge in [0.25, 0.3) is 11.8 Å². The highest BCUT2D eigenvalue weighted by Crippen LogP contribution is 2.30. The maximum Gasteiger partial charge on any atom is 0.286 e. The van der Waals surface area contributed by atoms with Gasteiger partial charge in [-0.2, -0.15) is 0 Å². The van der Waals surface area contributed by atoms with Crippen molar-refractivity contribution < 1.29 is 9.59 Å². The molecule has 1 aromatic heterocycles. The van der Waals surface area contributed by atoms with E-state index in [2.05, 4.69) is 15.5 Å². The van der Waals surface area contributed by atoms with Gasteiger partial charge in [-0.1, -0.05) is 47.2 Å². The Morgan fingerprint density at radius 2 is 1.83 bits per heavy atom. The predicted octanol–water partition coefficient (Wildman–Crippen LogP) is 4.12. The Labute approximate surface area is 173 Å². The number of likely N-dealkylation sites (tertiary alicyclic amines) is 1. The standard InChI is InChI=1S/C22H22N4O2S/c1-15-9-11-16(12-10-15)22(28)26-13-5-6-17(14-26)20-24-25-21(29-20)19(27)23-18-7-3-2-4-8-18/h2-4,7-12,17H,5-6,13-14H2,1H3,(H,23,27). The second-order valence-electron chi connectivity index (χ2n) is 7.22. The molecule has 29 heavy (non-hydrogen) atoms. The Kier molecular flexibility index (Phi) is 5.67. The number of hydrogen-bond donors (Lipinski definition) is 1. The van der Waals surface area contributed by atoms with Crippen LogP contribution in [0.25, 0.3) is 0 Å². The van der Waals surface area contributed by atoms with E-state index in [0.717, 1.165) is 35.6 Å². The summed E-state index contributed by atoms with van der Waals surface area (Å²) in [6, 6.07) is 16.9. The molecule has 1 saturated heterocycles. The van der Waals surface area contributed by atoms with Gasteiger partial charge in [0, 0.05) is 30.3 Å². The molecule has 2 heterocycles. The maximum atomic E-state index is 12.8. The van der Waals surface area contributed by atoms with E-state index >= 15 is 0 Å². The summed E-state index contributed by atoms with van der Waals surface area (Å²) < 4.78 is 0. The number of nitrogens with zero attached hydrogens (tertiary/aromatic N) is 3. The third-order valence-electron chi connectivity index (χ3n) is 5.02. The Hall–Kier alpha value is -3.06. The summed E-state index contributed by atoms with van der Waals surface area (Å²) in [5.74, 6) is -0.112. The number of hydrogen-bond acceptors (Lipinski definition) is 5. The summed E-state index contributed by atoms with van der Waals surface area (Å²) in [6.07, 6.45) is 1.85. The number of aromatic nitrogens is 2. The number of aryl methyl sites for hydroxylation is 1. The minimum Gasteiger partial charge on any atom is -0.338 e. The van der Waals surface area contributed by atoms with Crippen LogP contribution in [0.1, 0.15) is 49.5 Å². The second-order valence-corrected chi connectivity index (χ2v) is 8.23. The molecule has 0 aliphatic carbocycles. The quantitative estimate of drug-likeness (QED) is 0.707. The molecule has 148 valence electrons. The Morgan fingerprint density at radius 3 is 2.59 bits per heavy atom. The van der Waals surface area contributed by atoms with Crippen molar-refractivity contribution in [1.82, 2.24) is 15.1 Å². The average Bonchev–Trinajstić information content (AvgIpc) is 3.25. The van der Waals surface area contributed by atoms with Gasteiger partial charge < -0.3 is 10.2 Å². The predicted molar refractivity (Wildman–Crippen MR) is 113 cm³/mol. The largest absolute Gasteiger partial charge is 0.338 e. The number of carbonyl (C=O) groups excluding carboxylic acids is 2. The van der Waals surface area contributed by atoms with Gasteiger partial charge in [-0.05, 0) is 44.0 Å². The van der Waals surface area contributed by atoms with Crippen LogP contribution >= 0.6 is 11.3 Å². The molecule has 0 radical (unpaired) electrons. The fourth-order valence-corrected chi connectivity index (χ4v) is 4.30. The summed E-state index contributed by atoms with van der Waals surface area (Å²) >= 11 is 1.31. The zero-order valence-electron chi connectivity index (χ0n) is 16.2. The molecule has 1 aliphatic rings. The van der Waals surface area contributed by atoms with Gasteiger partial charge in [-0.25, -0.2) is 0 Å². The summed E-state index contributed by atoms with van der Waals surface area (Å²) in [5.41, 5.74) is 2.56. The molecule has 2 aromatic carbocycles. The number of rotatable bonds is 4. The number of piperidine rings is 1. The third kappa shape index (κ3) is 4.51. The minimum absolute atomic E-state index is 0.0428. The van der Waals surface area contributed by atoms with Crippen LogP contribution in [0.2, 0.25) is 0 Å². The van der Waals surface area contributed by atoms with Gasteiger partial charge in [-0.15, -0.1) is 10.2 Å². The molecule has 7 heteroatoms. The van der Waals surface area contributed by atoms with E-state index < -0.39 is 0 Å². The molecule has 2 amide bonds. The molecule has 4 rings (SSSR count). The lowest BCUT2D eigenvalue weighted by Gasteiger charge is -2.31. The number of anilines is 1. The monoisotopic (exact) mass is 406 g/mol. The summed E-state index contributed by atoms with van der Waals surface area (Å²) in [6.45, 7) is 3.34. The lowest BCUT2D eigenvalue weighted by atomic mass is 9.98. The lowest BCUT2D eigenvalue weighted by molar-refractivity contribution is 0.0706. The van der Waals surface area contributed by atoms with Crippen LogP contribution in [0.3, 0.4) is 0 Å². The van der Waals surface area contributed by atoms with Gasteiger partial charge in [0.1, 0.15) is 5.01 Å². The van der Waals surface area contributed by atoms with Gasteiger partial charge in [-0.3, -0.25) is 9.59 Å². The lowest BCUT2D eigenvalue weighted by Crippen LogP contribution is -2.39. The first-order valence-electron chi connectivity index (χ1n) is 9.66. The van der Waals surface area contributed by atoms with Crippen molar-refractivity contribution in [3.63, 3.8) is 0 Å². The Balaban J connectivity index is 1.43. The number of carbonyl (C=O) groups is 2. The topological polar surface area (TPSA) is 75.2 Å². The second kappa shape index (κ2) is 8.53. The number of amides is 2. The molecular formula is C22H22N4O2S. The van der Waals surface area contributed by atoms with Crippen molar-refractivity contribution in [1.29, 1.82) is 0 Å². The Morgan fingerprint density at radius 1 is 1.07 bits per heavy atom. The van der Waals surface area contributed by atoms with E-state index in [0.29, 0.717) is 17.1 Å². The molecule has 1 fully saturated rings. The smallest absolute Gasteiger partial charge is 0.286 e. The highest BCUT2D eigenvalue weighted by Gasteiger charge is 2.28. The molecule has 0 bridgehead atoms. The summed E-state index contributed by atoms with van der Waals surface area (Å²) in [7, 11) is 0. The molecule has 0 spiro atoms. The molecule has 1 atom stereocenters.